The molecule has 18 heavy (non-hydrogen) atoms. The third-order valence-corrected chi connectivity index (χ3v) is 2.29. The van der Waals surface area contributed by atoms with Crippen molar-refractivity contribution in [2.45, 2.75) is 32.6 Å². The minimum absolute atomic E-state index is 0.129. The lowest BCUT2D eigenvalue weighted by molar-refractivity contribution is -0.147. The first-order chi connectivity index (χ1) is 8.44. The lowest BCUT2D eigenvalue weighted by atomic mass is 10.3. The van der Waals surface area contributed by atoms with Crippen molar-refractivity contribution in [3.63, 3.8) is 0 Å². The number of aromatic nitrogens is 1. The molecule has 0 unspecified atom stereocenters. The molecule has 7 heteroatoms. The molecule has 0 saturated carbocycles. The fraction of sp³-hybridized carbons (Fsp3) is 0.727. The molecule has 0 aliphatic carbocycles. The fourth-order valence-electron chi connectivity index (χ4n) is 1.70. The van der Waals surface area contributed by atoms with Crippen LogP contribution >= 0.6 is 0 Å². The van der Waals surface area contributed by atoms with E-state index in [0.717, 1.165) is 0 Å². The van der Waals surface area contributed by atoms with Crippen LogP contribution in [0.4, 0.5) is 13.2 Å². The quantitative estimate of drug-likeness (QED) is 0.820. The zero-order valence-corrected chi connectivity index (χ0v) is 10.5. The lowest BCUT2D eigenvalue weighted by Crippen LogP contribution is -2.34. The van der Waals surface area contributed by atoms with Gasteiger partial charge < -0.3 is 9.84 Å². The predicted octanol–water partition coefficient (Wildman–Crippen LogP) is 2.17. The van der Waals surface area contributed by atoms with Gasteiger partial charge in [-0.15, -0.1) is 0 Å². The Labute approximate surface area is 104 Å². The molecule has 1 aromatic rings. The lowest BCUT2D eigenvalue weighted by Gasteiger charge is -2.21. The summed E-state index contributed by atoms with van der Waals surface area (Å²) in [5.41, 5.74) is 0.691. The molecule has 0 saturated heterocycles. The van der Waals surface area contributed by atoms with E-state index in [1.54, 1.807) is 13.1 Å². The maximum Gasteiger partial charge on any atom is 0.401 e. The van der Waals surface area contributed by atoms with Crippen LogP contribution in [0.1, 0.15) is 24.8 Å². The first kappa shape index (κ1) is 15.0. The van der Waals surface area contributed by atoms with Gasteiger partial charge in [-0.1, -0.05) is 12.1 Å². The van der Waals surface area contributed by atoms with Crippen LogP contribution in [-0.2, 0) is 13.1 Å². The van der Waals surface area contributed by atoms with Gasteiger partial charge in [0.1, 0.15) is 0 Å². The Hall–Kier alpha value is -1.08. The predicted molar refractivity (Wildman–Crippen MR) is 60.9 cm³/mol. The Bertz CT molecular complexity index is 352. The normalized spacial score (nSPS) is 12.3. The summed E-state index contributed by atoms with van der Waals surface area (Å²) in [7, 11) is 1.77. The summed E-state index contributed by atoms with van der Waals surface area (Å²) in [6.45, 7) is 1.96. The molecule has 4 nitrogen and oxygen atoms in total. The van der Waals surface area contributed by atoms with E-state index in [2.05, 4.69) is 10.5 Å². The van der Waals surface area contributed by atoms with Crippen LogP contribution in [-0.4, -0.2) is 36.4 Å². The summed E-state index contributed by atoms with van der Waals surface area (Å²) < 4.78 is 42.1. The molecule has 0 bridgehead atoms. The maximum atomic E-state index is 12.4. The van der Waals surface area contributed by atoms with Crippen LogP contribution in [0.25, 0.3) is 0 Å². The third kappa shape index (κ3) is 5.50. The van der Waals surface area contributed by atoms with Gasteiger partial charge in [-0.2, -0.15) is 13.2 Å². The Morgan fingerprint density at radius 2 is 2.17 bits per heavy atom. The van der Waals surface area contributed by atoms with Crippen molar-refractivity contribution in [3.05, 3.63) is 17.5 Å². The van der Waals surface area contributed by atoms with E-state index in [9.17, 15) is 13.2 Å². The molecule has 0 spiro atoms. The van der Waals surface area contributed by atoms with E-state index in [1.165, 1.54) is 4.90 Å². The number of alkyl halides is 3. The molecule has 0 atom stereocenters. The molecular weight excluding hydrogens is 247 g/mol. The van der Waals surface area contributed by atoms with Crippen LogP contribution in [0.3, 0.4) is 0 Å². The van der Waals surface area contributed by atoms with Gasteiger partial charge in [0.2, 0.25) is 0 Å². The van der Waals surface area contributed by atoms with Gasteiger partial charge in [0.15, 0.2) is 5.76 Å². The van der Waals surface area contributed by atoms with Crippen LogP contribution < -0.4 is 5.32 Å². The van der Waals surface area contributed by atoms with Gasteiger partial charge in [0.25, 0.3) is 0 Å². The summed E-state index contributed by atoms with van der Waals surface area (Å²) in [6.07, 6.45) is -3.53. The second-order valence-electron chi connectivity index (χ2n) is 4.14. The van der Waals surface area contributed by atoms with Crippen molar-refractivity contribution in [2.75, 3.05) is 20.1 Å². The molecule has 0 fully saturated rings. The molecule has 1 rings (SSSR count). The number of halogens is 3. The largest absolute Gasteiger partial charge is 0.401 e. The number of hydrogen-bond acceptors (Lipinski definition) is 4. The molecule has 104 valence electrons. The van der Waals surface area contributed by atoms with E-state index in [4.69, 9.17) is 4.52 Å². The monoisotopic (exact) mass is 265 g/mol. The van der Waals surface area contributed by atoms with Gasteiger partial charge in [-0.05, 0) is 20.0 Å². The second-order valence-corrected chi connectivity index (χ2v) is 4.14. The average Bonchev–Trinajstić information content (AvgIpc) is 2.64. The highest BCUT2D eigenvalue weighted by Crippen LogP contribution is 2.18. The van der Waals surface area contributed by atoms with Crippen molar-refractivity contribution >= 4 is 0 Å². The van der Waals surface area contributed by atoms with Crippen molar-refractivity contribution < 1.29 is 17.7 Å². The summed E-state index contributed by atoms with van der Waals surface area (Å²) in [6, 6.07) is 1.68. The first-order valence-electron chi connectivity index (χ1n) is 5.82. The van der Waals surface area contributed by atoms with Crippen LogP contribution in [0.15, 0.2) is 10.6 Å². The molecule has 1 N–H and O–H groups in total. The second kappa shape index (κ2) is 6.75. The molecule has 0 aliphatic heterocycles. The summed E-state index contributed by atoms with van der Waals surface area (Å²) in [5, 5.41) is 6.67. The fourth-order valence-corrected chi connectivity index (χ4v) is 1.70. The Kier molecular flexibility index (Phi) is 5.61. The highest BCUT2D eigenvalue weighted by atomic mass is 19.4. The Morgan fingerprint density at radius 3 is 2.72 bits per heavy atom. The third-order valence-electron chi connectivity index (χ3n) is 2.29. The van der Waals surface area contributed by atoms with Crippen LogP contribution in [0, 0.1) is 0 Å². The molecule has 0 radical (unpaired) electrons. The highest BCUT2D eigenvalue weighted by molar-refractivity contribution is 5.05. The molecular formula is C11H18F3N3O. The topological polar surface area (TPSA) is 41.3 Å². The summed E-state index contributed by atoms with van der Waals surface area (Å²) in [5.74, 6) is 0.456. The van der Waals surface area contributed by atoms with Crippen LogP contribution in [0.2, 0.25) is 0 Å². The number of rotatable bonds is 7. The smallest absolute Gasteiger partial charge is 0.360 e. The van der Waals surface area contributed by atoms with Gasteiger partial charge in [-0.3, -0.25) is 4.90 Å². The summed E-state index contributed by atoms with van der Waals surface area (Å²) >= 11 is 0. The van der Waals surface area contributed by atoms with Gasteiger partial charge in [0, 0.05) is 12.6 Å². The molecule has 1 aromatic heterocycles. The van der Waals surface area contributed by atoms with Crippen molar-refractivity contribution in [3.8, 4) is 0 Å². The number of hydrogen-bond donors (Lipinski definition) is 1. The van der Waals surface area contributed by atoms with Crippen molar-refractivity contribution in [1.29, 1.82) is 0 Å². The van der Waals surface area contributed by atoms with E-state index >= 15 is 0 Å². The van der Waals surface area contributed by atoms with Crippen molar-refractivity contribution in [2.24, 2.45) is 0 Å². The minimum Gasteiger partial charge on any atom is -0.360 e. The van der Waals surface area contributed by atoms with E-state index in [1.807, 2.05) is 6.92 Å². The molecule has 1 heterocycles. The van der Waals surface area contributed by atoms with Crippen molar-refractivity contribution in [1.82, 2.24) is 15.4 Å². The zero-order chi connectivity index (χ0) is 13.6. The summed E-state index contributed by atoms with van der Waals surface area (Å²) in [4.78, 5) is 1.31. The first-order valence-corrected chi connectivity index (χ1v) is 5.82. The average molecular weight is 265 g/mol. The molecule has 0 aliphatic rings. The van der Waals surface area contributed by atoms with E-state index in [-0.39, 0.29) is 6.54 Å². The molecule has 0 amide bonds. The Morgan fingerprint density at radius 1 is 1.44 bits per heavy atom. The van der Waals surface area contributed by atoms with Gasteiger partial charge in [0.05, 0.1) is 18.8 Å². The SMILES string of the molecule is CCCN(Cc1cc(CNC)no1)CC(F)(F)F. The van der Waals surface area contributed by atoms with E-state index < -0.39 is 12.7 Å². The zero-order valence-electron chi connectivity index (χ0n) is 10.5. The van der Waals surface area contributed by atoms with Crippen LogP contribution in [0.5, 0.6) is 0 Å². The number of nitrogens with one attached hydrogen (secondary N) is 1. The highest BCUT2D eigenvalue weighted by Gasteiger charge is 2.30. The van der Waals surface area contributed by atoms with Gasteiger partial charge >= 0.3 is 6.18 Å². The number of nitrogens with zero attached hydrogens (tertiary/aromatic N) is 2. The Balaban J connectivity index is 2.58. The standard InChI is InChI=1S/C11H18F3N3O/c1-3-4-17(8-11(12,13)14)7-10-5-9(6-15-2)16-18-10/h5,15H,3-4,6-8H2,1-2H3. The van der Waals surface area contributed by atoms with E-state index in [0.29, 0.717) is 31.0 Å². The van der Waals surface area contributed by atoms with Gasteiger partial charge in [-0.25, -0.2) is 0 Å². The molecule has 0 aromatic carbocycles. The minimum atomic E-state index is -4.19. The maximum absolute atomic E-state index is 12.4.